The number of aromatic nitrogens is 4. The van der Waals surface area contributed by atoms with E-state index in [9.17, 15) is 14.0 Å². The molecule has 0 aliphatic carbocycles. The maximum atomic E-state index is 13.3. The lowest BCUT2D eigenvalue weighted by molar-refractivity contribution is 0.0685. The Morgan fingerprint density at radius 2 is 2.20 bits per heavy atom. The number of aromatic amines is 1. The molecule has 2 N–H and O–H groups in total. The fourth-order valence-corrected chi connectivity index (χ4v) is 1.18. The molecule has 0 saturated heterocycles. The number of halogens is 1. The summed E-state index contributed by atoms with van der Waals surface area (Å²) in [6.07, 6.45) is 0. The molecule has 0 saturated carbocycles. The van der Waals surface area contributed by atoms with Gasteiger partial charge in [0.05, 0.1) is 0 Å². The molecular formula is C7H5FN4O3. The van der Waals surface area contributed by atoms with Gasteiger partial charge in [0.25, 0.3) is 5.56 Å². The van der Waals surface area contributed by atoms with Crippen LogP contribution in [0, 0.1) is 12.7 Å². The number of rotatable bonds is 1. The van der Waals surface area contributed by atoms with Crippen LogP contribution in [-0.4, -0.2) is 30.9 Å². The fraction of sp³-hybridized carbons (Fsp3) is 0.143. The summed E-state index contributed by atoms with van der Waals surface area (Å²) in [5.41, 5.74) is -2.09. The smallest absolute Gasteiger partial charge is 0.359 e. The highest BCUT2D eigenvalue weighted by molar-refractivity contribution is 5.87. The monoisotopic (exact) mass is 212 g/mol. The molecule has 78 valence electrons. The van der Waals surface area contributed by atoms with Crippen molar-refractivity contribution in [2.24, 2.45) is 0 Å². The Hall–Kier alpha value is -2.25. The Bertz CT molecular complexity index is 614. The maximum Gasteiger partial charge on any atom is 0.359 e. The van der Waals surface area contributed by atoms with Crippen LogP contribution in [0.25, 0.3) is 5.52 Å². The van der Waals surface area contributed by atoms with Gasteiger partial charge in [-0.1, -0.05) is 0 Å². The molecule has 7 nitrogen and oxygen atoms in total. The fourth-order valence-electron chi connectivity index (χ4n) is 1.18. The van der Waals surface area contributed by atoms with Crippen LogP contribution < -0.4 is 5.56 Å². The average molecular weight is 212 g/mol. The third-order valence-corrected chi connectivity index (χ3v) is 1.77. The molecule has 0 atom stereocenters. The zero-order valence-electron chi connectivity index (χ0n) is 7.48. The Kier molecular flexibility index (Phi) is 1.78. The van der Waals surface area contributed by atoms with Crippen molar-refractivity contribution < 1.29 is 14.3 Å². The van der Waals surface area contributed by atoms with Crippen LogP contribution in [0.15, 0.2) is 4.79 Å². The van der Waals surface area contributed by atoms with Crippen molar-refractivity contribution in [3.05, 3.63) is 27.7 Å². The Morgan fingerprint density at radius 1 is 1.53 bits per heavy atom. The molecule has 0 amide bonds. The van der Waals surface area contributed by atoms with Gasteiger partial charge in [-0.2, -0.15) is 0 Å². The van der Waals surface area contributed by atoms with E-state index in [4.69, 9.17) is 5.11 Å². The van der Waals surface area contributed by atoms with E-state index in [1.165, 1.54) is 6.92 Å². The molecule has 0 unspecified atom stereocenters. The van der Waals surface area contributed by atoms with Crippen LogP contribution >= 0.6 is 0 Å². The van der Waals surface area contributed by atoms with E-state index < -0.39 is 28.6 Å². The molecule has 2 aromatic rings. The number of aromatic carboxylic acids is 1. The molecule has 0 spiro atoms. The quantitative estimate of drug-likeness (QED) is 0.667. The lowest BCUT2D eigenvalue weighted by Gasteiger charge is -1.92. The minimum absolute atomic E-state index is 0.215. The van der Waals surface area contributed by atoms with Crippen molar-refractivity contribution in [1.82, 2.24) is 19.8 Å². The summed E-state index contributed by atoms with van der Waals surface area (Å²) in [6, 6.07) is 0. The predicted molar refractivity (Wildman–Crippen MR) is 45.3 cm³/mol. The predicted octanol–water partition coefficient (Wildman–Crippen LogP) is -0.437. The number of nitrogens with zero attached hydrogens (tertiary/aromatic N) is 3. The molecule has 0 bridgehead atoms. The van der Waals surface area contributed by atoms with Crippen molar-refractivity contribution in [3.8, 4) is 0 Å². The van der Waals surface area contributed by atoms with Crippen LogP contribution in [0.2, 0.25) is 0 Å². The number of hydrogen-bond donors (Lipinski definition) is 2. The van der Waals surface area contributed by atoms with Crippen LogP contribution in [0.1, 0.15) is 16.3 Å². The van der Waals surface area contributed by atoms with Crippen molar-refractivity contribution in [3.63, 3.8) is 0 Å². The normalized spacial score (nSPS) is 10.8. The first-order valence-corrected chi connectivity index (χ1v) is 3.89. The Labute approximate surface area is 81.2 Å². The summed E-state index contributed by atoms with van der Waals surface area (Å²) in [6.45, 7) is 1.47. The minimum atomic E-state index is -1.55. The standard InChI is InChI=1S/C7H5FN4O3/c1-2-9-6(13)5-3(8)4(7(14)15)11-12(5)10-2/h1H3,(H,14,15)(H,9,10,13). The number of nitrogens with one attached hydrogen (secondary N) is 1. The number of fused-ring (bicyclic) bond motifs is 1. The average Bonchev–Trinajstić information content (AvgIpc) is 2.42. The van der Waals surface area contributed by atoms with Crippen LogP contribution in [0.5, 0.6) is 0 Å². The molecule has 8 heteroatoms. The largest absolute Gasteiger partial charge is 0.476 e. The van der Waals surface area contributed by atoms with Crippen molar-refractivity contribution in [2.75, 3.05) is 0 Å². The lowest BCUT2D eigenvalue weighted by Crippen LogP contribution is -2.15. The second-order valence-corrected chi connectivity index (χ2v) is 2.85. The van der Waals surface area contributed by atoms with Gasteiger partial charge in [0.15, 0.2) is 11.3 Å². The molecule has 2 aromatic heterocycles. The van der Waals surface area contributed by atoms with Gasteiger partial charge in [0, 0.05) is 0 Å². The second kappa shape index (κ2) is 2.87. The first-order chi connectivity index (χ1) is 7.00. The number of carboxylic acid groups (broad SMARTS) is 1. The van der Waals surface area contributed by atoms with Crippen LogP contribution in [0.3, 0.4) is 0 Å². The van der Waals surface area contributed by atoms with E-state index >= 15 is 0 Å². The molecule has 0 aromatic carbocycles. The zero-order valence-corrected chi connectivity index (χ0v) is 7.48. The van der Waals surface area contributed by atoms with Crippen molar-refractivity contribution >= 4 is 11.5 Å². The van der Waals surface area contributed by atoms with Gasteiger partial charge >= 0.3 is 5.97 Å². The van der Waals surface area contributed by atoms with Gasteiger partial charge in [-0.25, -0.2) is 9.18 Å². The number of aryl methyl sites for hydroxylation is 1. The molecule has 0 aliphatic heterocycles. The number of carboxylic acids is 1. The first kappa shape index (κ1) is 9.31. The minimum Gasteiger partial charge on any atom is -0.476 e. The summed E-state index contributed by atoms with van der Waals surface area (Å²) < 4.78 is 14.0. The first-order valence-electron chi connectivity index (χ1n) is 3.89. The Balaban J connectivity index is 2.94. The molecule has 0 radical (unpaired) electrons. The van der Waals surface area contributed by atoms with Gasteiger partial charge in [-0.3, -0.25) is 4.79 Å². The van der Waals surface area contributed by atoms with Gasteiger partial charge < -0.3 is 10.1 Å². The van der Waals surface area contributed by atoms with E-state index in [1.807, 2.05) is 0 Å². The van der Waals surface area contributed by atoms with E-state index in [-0.39, 0.29) is 5.82 Å². The summed E-state index contributed by atoms with van der Waals surface area (Å²) in [7, 11) is 0. The van der Waals surface area contributed by atoms with Gasteiger partial charge in [0.1, 0.15) is 5.82 Å². The highest BCUT2D eigenvalue weighted by Crippen LogP contribution is 2.08. The number of carbonyl (C=O) groups is 1. The molecular weight excluding hydrogens is 207 g/mol. The highest BCUT2D eigenvalue weighted by Gasteiger charge is 2.21. The number of H-pyrrole nitrogens is 1. The summed E-state index contributed by atoms with van der Waals surface area (Å²) in [4.78, 5) is 24.0. The molecule has 2 rings (SSSR count). The van der Waals surface area contributed by atoms with E-state index in [0.29, 0.717) is 4.63 Å². The van der Waals surface area contributed by atoms with E-state index in [1.54, 1.807) is 0 Å². The molecule has 0 fully saturated rings. The topological polar surface area (TPSA) is 100 Å². The van der Waals surface area contributed by atoms with Crippen LogP contribution in [0.4, 0.5) is 4.39 Å². The molecule has 2 heterocycles. The van der Waals surface area contributed by atoms with Crippen molar-refractivity contribution in [1.29, 1.82) is 0 Å². The van der Waals surface area contributed by atoms with E-state index in [0.717, 1.165) is 0 Å². The SMILES string of the molecule is Cc1nn2nc(C(=O)O)c(F)c2c(=O)[nH]1. The summed E-state index contributed by atoms with van der Waals surface area (Å²) >= 11 is 0. The zero-order chi connectivity index (χ0) is 11.2. The van der Waals surface area contributed by atoms with Crippen molar-refractivity contribution in [2.45, 2.75) is 6.92 Å². The van der Waals surface area contributed by atoms with E-state index in [2.05, 4.69) is 15.2 Å². The Morgan fingerprint density at radius 3 is 2.80 bits per heavy atom. The summed E-state index contributed by atoms with van der Waals surface area (Å²) in [5, 5.41) is 15.6. The molecule has 0 aliphatic rings. The number of hydrogen-bond acceptors (Lipinski definition) is 4. The van der Waals surface area contributed by atoms with Gasteiger partial charge in [0.2, 0.25) is 5.69 Å². The molecule has 15 heavy (non-hydrogen) atoms. The van der Waals surface area contributed by atoms with Crippen LogP contribution in [-0.2, 0) is 0 Å². The third kappa shape index (κ3) is 1.26. The highest BCUT2D eigenvalue weighted by atomic mass is 19.1. The summed E-state index contributed by atoms with van der Waals surface area (Å²) in [5.74, 6) is -2.52. The lowest BCUT2D eigenvalue weighted by atomic mass is 10.4. The van der Waals surface area contributed by atoms with Gasteiger partial charge in [-0.15, -0.1) is 14.8 Å². The third-order valence-electron chi connectivity index (χ3n) is 1.77. The second-order valence-electron chi connectivity index (χ2n) is 2.85. The van der Waals surface area contributed by atoms with Gasteiger partial charge in [-0.05, 0) is 6.92 Å². The maximum absolute atomic E-state index is 13.3.